The Morgan fingerprint density at radius 1 is 0.280 bits per heavy atom. The van der Waals surface area contributed by atoms with Gasteiger partial charge in [-0.3, -0.25) is 0 Å². The van der Waals surface area contributed by atoms with Crippen molar-refractivity contribution in [2.24, 2.45) is 0 Å². The molecule has 0 saturated heterocycles. The van der Waals surface area contributed by atoms with E-state index in [0.29, 0.717) is 0 Å². The first-order valence-corrected chi connectivity index (χ1v) is 17.1. The summed E-state index contributed by atoms with van der Waals surface area (Å²) in [7, 11) is 0. The van der Waals surface area contributed by atoms with Crippen LogP contribution in [0.25, 0.3) is 110 Å². The van der Waals surface area contributed by atoms with E-state index in [-0.39, 0.29) is 0 Å². The molecule has 0 saturated carbocycles. The summed E-state index contributed by atoms with van der Waals surface area (Å²) in [5.74, 6) is 0. The summed E-state index contributed by atoms with van der Waals surface area (Å²) in [6, 6.07) is 61.0. The van der Waals surface area contributed by atoms with Crippen LogP contribution in [0, 0.1) is 0 Å². The number of rotatable bonds is 3. The lowest BCUT2D eigenvalue weighted by Gasteiger charge is -2.18. The van der Waals surface area contributed by atoms with Crippen molar-refractivity contribution in [3.63, 3.8) is 0 Å². The second-order valence-corrected chi connectivity index (χ2v) is 13.2. The molecular weight excluding hydrogens is 609 g/mol. The molecule has 0 bridgehead atoms. The third kappa shape index (κ3) is 3.96. The predicted molar refractivity (Wildman–Crippen MR) is 210 cm³/mol. The molecule has 0 spiro atoms. The van der Waals surface area contributed by atoms with Gasteiger partial charge in [-0.1, -0.05) is 127 Å². The molecule has 0 unspecified atom stereocenters. The van der Waals surface area contributed by atoms with E-state index < -0.39 is 0 Å². The van der Waals surface area contributed by atoms with Gasteiger partial charge in [0.05, 0.1) is 5.39 Å². The highest BCUT2D eigenvalue weighted by atomic mass is 16.3. The first-order valence-electron chi connectivity index (χ1n) is 17.1. The monoisotopic (exact) mass is 636 g/mol. The van der Waals surface area contributed by atoms with Crippen molar-refractivity contribution in [2.45, 2.75) is 0 Å². The molecule has 0 amide bonds. The largest absolute Gasteiger partial charge is 0.456 e. The van der Waals surface area contributed by atoms with E-state index in [4.69, 9.17) is 8.83 Å². The van der Waals surface area contributed by atoms with Crippen LogP contribution in [0.2, 0.25) is 0 Å². The minimum atomic E-state index is 0.844. The predicted octanol–water partition coefficient (Wildman–Crippen LogP) is 13.9. The number of para-hydroxylation sites is 1. The molecule has 2 aromatic heterocycles. The van der Waals surface area contributed by atoms with Crippen molar-refractivity contribution >= 4 is 76.2 Å². The van der Waals surface area contributed by atoms with Crippen LogP contribution >= 0.6 is 0 Å². The Kier molecular flexibility index (Phi) is 5.70. The third-order valence-corrected chi connectivity index (χ3v) is 10.4. The molecule has 0 aliphatic rings. The van der Waals surface area contributed by atoms with Crippen LogP contribution in [0.4, 0.5) is 0 Å². The minimum Gasteiger partial charge on any atom is -0.456 e. The summed E-state index contributed by atoms with van der Waals surface area (Å²) in [6.07, 6.45) is 0. The average Bonchev–Trinajstić information content (AvgIpc) is 3.74. The van der Waals surface area contributed by atoms with E-state index in [2.05, 4.69) is 152 Å². The van der Waals surface area contributed by atoms with Crippen LogP contribution in [0.15, 0.2) is 179 Å². The van der Waals surface area contributed by atoms with Crippen molar-refractivity contribution in [3.8, 4) is 33.4 Å². The number of furan rings is 2. The van der Waals surface area contributed by atoms with E-state index in [1.54, 1.807) is 0 Å². The van der Waals surface area contributed by atoms with Gasteiger partial charge < -0.3 is 8.83 Å². The van der Waals surface area contributed by atoms with Gasteiger partial charge >= 0.3 is 0 Å². The molecule has 0 radical (unpaired) electrons. The number of hydrogen-bond donors (Lipinski definition) is 0. The summed E-state index contributed by atoms with van der Waals surface area (Å²) >= 11 is 0. The molecule has 2 nitrogen and oxygen atoms in total. The molecule has 50 heavy (non-hydrogen) atoms. The van der Waals surface area contributed by atoms with Crippen molar-refractivity contribution in [3.05, 3.63) is 170 Å². The molecule has 11 rings (SSSR count). The van der Waals surface area contributed by atoms with Crippen molar-refractivity contribution < 1.29 is 8.83 Å². The maximum atomic E-state index is 6.65. The summed E-state index contributed by atoms with van der Waals surface area (Å²) in [5.41, 5.74) is 10.7. The van der Waals surface area contributed by atoms with Crippen molar-refractivity contribution in [1.29, 1.82) is 0 Å². The summed E-state index contributed by atoms with van der Waals surface area (Å²) in [6.45, 7) is 0. The van der Waals surface area contributed by atoms with Gasteiger partial charge in [-0.2, -0.15) is 0 Å². The smallest absolute Gasteiger partial charge is 0.147 e. The summed E-state index contributed by atoms with van der Waals surface area (Å²) in [4.78, 5) is 0. The van der Waals surface area contributed by atoms with Crippen LogP contribution in [-0.2, 0) is 0 Å². The van der Waals surface area contributed by atoms with Gasteiger partial charge in [0, 0.05) is 16.2 Å². The Morgan fingerprint density at radius 3 is 1.62 bits per heavy atom. The summed E-state index contributed by atoms with van der Waals surface area (Å²) < 4.78 is 12.8. The minimum absolute atomic E-state index is 0.844. The lowest BCUT2D eigenvalue weighted by atomic mass is 9.85. The van der Waals surface area contributed by atoms with Gasteiger partial charge in [-0.25, -0.2) is 0 Å². The van der Waals surface area contributed by atoms with E-state index in [9.17, 15) is 0 Å². The molecule has 0 fully saturated rings. The first kappa shape index (κ1) is 27.3. The van der Waals surface area contributed by atoms with Crippen molar-refractivity contribution in [1.82, 2.24) is 0 Å². The van der Waals surface area contributed by atoms with Gasteiger partial charge in [0.15, 0.2) is 0 Å². The number of benzene rings is 9. The molecule has 232 valence electrons. The zero-order chi connectivity index (χ0) is 32.8. The number of fused-ring (bicyclic) bond motifs is 10. The first-order chi connectivity index (χ1) is 24.8. The molecule has 0 aliphatic carbocycles. The van der Waals surface area contributed by atoms with Gasteiger partial charge in [0.25, 0.3) is 0 Å². The highest BCUT2D eigenvalue weighted by Gasteiger charge is 2.19. The van der Waals surface area contributed by atoms with E-state index in [1.165, 1.54) is 54.6 Å². The fraction of sp³-hybridized carbons (Fsp3) is 0. The Bertz CT molecular complexity index is 3100. The Labute approximate surface area is 287 Å². The lowest BCUT2D eigenvalue weighted by molar-refractivity contribution is 0.663. The van der Waals surface area contributed by atoms with Gasteiger partial charge in [-0.05, 0) is 108 Å². The standard InChI is InChI=1S/C48H28O2/c1-2-11-30-26-34(21-20-29(30)10-1)46-38-16-5-3-14-36(38)45(37-15-4-6-17-39(37)46)33-13-9-12-31(27-33)32-22-23-35-40-24-25-43-47(48(40)50-44(35)28-32)41-18-7-8-19-42(41)49-43/h1-28H. The third-order valence-electron chi connectivity index (χ3n) is 10.4. The van der Waals surface area contributed by atoms with Crippen LogP contribution in [0.5, 0.6) is 0 Å². The highest BCUT2D eigenvalue weighted by Crippen LogP contribution is 2.45. The summed E-state index contributed by atoms with van der Waals surface area (Å²) in [5, 5.41) is 11.8. The second kappa shape index (κ2) is 10.4. The fourth-order valence-electron chi connectivity index (χ4n) is 8.17. The Hall–Kier alpha value is -6.64. The Morgan fingerprint density at radius 2 is 0.860 bits per heavy atom. The molecule has 9 aromatic carbocycles. The molecule has 2 heteroatoms. The average molecular weight is 637 g/mol. The number of hydrogen-bond acceptors (Lipinski definition) is 2. The van der Waals surface area contributed by atoms with E-state index in [0.717, 1.165) is 55.0 Å². The quantitative estimate of drug-likeness (QED) is 0.180. The fourth-order valence-corrected chi connectivity index (χ4v) is 8.17. The SMILES string of the molecule is c1cc(-c2ccc3c(c2)oc2c3ccc3oc4ccccc4c32)cc(-c2c3ccccc3c(-c3ccc4ccccc4c3)c3ccccc23)c1. The Balaban J connectivity index is 1.10. The molecule has 0 N–H and O–H groups in total. The van der Waals surface area contributed by atoms with Crippen LogP contribution in [0.3, 0.4) is 0 Å². The molecule has 11 aromatic rings. The topological polar surface area (TPSA) is 26.3 Å². The van der Waals surface area contributed by atoms with Gasteiger partial charge in [-0.15, -0.1) is 0 Å². The molecule has 0 aliphatic heterocycles. The van der Waals surface area contributed by atoms with Crippen LogP contribution in [-0.4, -0.2) is 0 Å². The molecule has 2 heterocycles. The van der Waals surface area contributed by atoms with Crippen LogP contribution < -0.4 is 0 Å². The zero-order valence-electron chi connectivity index (χ0n) is 27.0. The van der Waals surface area contributed by atoms with E-state index in [1.807, 2.05) is 18.2 Å². The second-order valence-electron chi connectivity index (χ2n) is 13.2. The zero-order valence-corrected chi connectivity index (χ0v) is 27.0. The lowest BCUT2D eigenvalue weighted by Crippen LogP contribution is -1.91. The van der Waals surface area contributed by atoms with Crippen LogP contribution in [0.1, 0.15) is 0 Å². The van der Waals surface area contributed by atoms with Crippen molar-refractivity contribution in [2.75, 3.05) is 0 Å². The normalized spacial score (nSPS) is 12.0. The molecule has 0 atom stereocenters. The van der Waals surface area contributed by atoms with E-state index >= 15 is 0 Å². The molecular formula is C48H28O2. The maximum Gasteiger partial charge on any atom is 0.147 e. The van der Waals surface area contributed by atoms with Gasteiger partial charge in [0.1, 0.15) is 22.3 Å². The van der Waals surface area contributed by atoms with Gasteiger partial charge in [0.2, 0.25) is 0 Å². The highest BCUT2D eigenvalue weighted by molar-refractivity contribution is 6.23. The maximum absolute atomic E-state index is 6.65.